The number of pyridine rings is 1. The minimum Gasteiger partial charge on any atom is -0.299 e. The van der Waals surface area contributed by atoms with Crippen LogP contribution < -0.4 is 10.9 Å². The average Bonchev–Trinajstić information content (AvgIpc) is 3.10. The van der Waals surface area contributed by atoms with Crippen molar-refractivity contribution in [2.45, 2.75) is 12.8 Å². The van der Waals surface area contributed by atoms with Crippen LogP contribution in [0, 0.1) is 5.92 Å². The Balaban J connectivity index is 1.84. The van der Waals surface area contributed by atoms with Gasteiger partial charge in [-0.2, -0.15) is 0 Å². The quantitative estimate of drug-likeness (QED) is 0.720. The minimum absolute atomic E-state index is 0.0465. The molecular weight excluding hydrogens is 190 g/mol. The summed E-state index contributed by atoms with van der Waals surface area (Å²) in [5.74, 6) is 0.243. The molecule has 1 fully saturated rings. The zero-order valence-corrected chi connectivity index (χ0v) is 8.36. The van der Waals surface area contributed by atoms with Gasteiger partial charge in [0.05, 0.1) is 5.70 Å². The number of amides is 1. The van der Waals surface area contributed by atoms with Crippen LogP contribution in [0.4, 0.5) is 0 Å². The summed E-state index contributed by atoms with van der Waals surface area (Å²) < 4.78 is 0. The van der Waals surface area contributed by atoms with Gasteiger partial charge in [0.15, 0.2) is 0 Å². The van der Waals surface area contributed by atoms with E-state index < -0.39 is 0 Å². The summed E-state index contributed by atoms with van der Waals surface area (Å²) in [5, 5.41) is 0. The Labute approximate surface area is 88.4 Å². The van der Waals surface area contributed by atoms with Gasteiger partial charge in [0.2, 0.25) is 5.91 Å². The number of aromatic nitrogens is 1. The first-order valence-electron chi connectivity index (χ1n) is 4.92. The van der Waals surface area contributed by atoms with Crippen LogP contribution in [0.2, 0.25) is 0 Å². The van der Waals surface area contributed by atoms with E-state index >= 15 is 0 Å². The van der Waals surface area contributed by atoms with E-state index in [1.807, 2.05) is 12.1 Å². The first kappa shape index (κ1) is 9.71. The van der Waals surface area contributed by atoms with Crippen molar-refractivity contribution in [2.75, 3.05) is 0 Å². The van der Waals surface area contributed by atoms with Crippen molar-refractivity contribution in [3.63, 3.8) is 0 Å². The fourth-order valence-corrected chi connectivity index (χ4v) is 1.21. The fourth-order valence-electron chi connectivity index (χ4n) is 1.21. The zero-order chi connectivity index (χ0) is 10.7. The van der Waals surface area contributed by atoms with Crippen molar-refractivity contribution in [2.24, 2.45) is 5.92 Å². The molecule has 78 valence electrons. The molecule has 1 amide bonds. The van der Waals surface area contributed by atoms with Crippen LogP contribution in [0.5, 0.6) is 0 Å². The molecule has 1 aliphatic carbocycles. The normalized spacial score (nSPS) is 14.4. The van der Waals surface area contributed by atoms with Crippen molar-refractivity contribution in [3.8, 4) is 0 Å². The highest BCUT2D eigenvalue weighted by atomic mass is 16.2. The van der Waals surface area contributed by atoms with Crippen molar-refractivity contribution >= 4 is 11.6 Å². The third-order valence-corrected chi connectivity index (χ3v) is 2.31. The van der Waals surface area contributed by atoms with Gasteiger partial charge in [-0.05, 0) is 25.0 Å². The molecule has 4 nitrogen and oxygen atoms in total. The Bertz CT molecular complexity index is 371. The molecule has 1 saturated carbocycles. The Hall–Kier alpha value is -1.84. The molecular formula is C11H13N3O. The highest BCUT2D eigenvalue weighted by Gasteiger charge is 2.29. The topological polar surface area (TPSA) is 54.0 Å². The molecule has 1 aromatic heterocycles. The van der Waals surface area contributed by atoms with Gasteiger partial charge in [0.1, 0.15) is 0 Å². The highest BCUT2D eigenvalue weighted by Crippen LogP contribution is 2.28. The average molecular weight is 203 g/mol. The Morgan fingerprint density at radius 2 is 2.00 bits per heavy atom. The Morgan fingerprint density at radius 1 is 1.33 bits per heavy atom. The van der Waals surface area contributed by atoms with Gasteiger partial charge in [-0.25, -0.2) is 0 Å². The molecule has 2 N–H and O–H groups in total. The molecule has 1 heterocycles. The number of nitrogens with zero attached hydrogens (tertiary/aromatic N) is 1. The Kier molecular flexibility index (Phi) is 2.67. The van der Waals surface area contributed by atoms with Gasteiger partial charge in [-0.3, -0.25) is 20.6 Å². The standard InChI is InChI=1S/C11H13N3O/c1-8(9-4-6-12-7-5-9)13-14-11(15)10-2-3-10/h4-7,10,13H,1-3H2,(H,14,15). The van der Waals surface area contributed by atoms with Crippen molar-refractivity contribution in [3.05, 3.63) is 36.7 Å². The maximum Gasteiger partial charge on any atom is 0.241 e. The molecule has 1 aromatic rings. The maximum absolute atomic E-state index is 11.3. The molecule has 0 unspecified atom stereocenters. The van der Waals surface area contributed by atoms with E-state index in [-0.39, 0.29) is 11.8 Å². The molecule has 0 atom stereocenters. The lowest BCUT2D eigenvalue weighted by molar-refractivity contribution is -0.122. The molecule has 0 aromatic carbocycles. The number of hydrazine groups is 1. The maximum atomic E-state index is 11.3. The number of carbonyl (C=O) groups excluding carboxylic acids is 1. The lowest BCUT2D eigenvalue weighted by Crippen LogP contribution is -2.36. The molecule has 0 bridgehead atoms. The molecule has 0 spiro atoms. The third kappa shape index (κ3) is 2.56. The summed E-state index contributed by atoms with van der Waals surface area (Å²) in [7, 11) is 0. The van der Waals surface area contributed by atoms with Gasteiger partial charge < -0.3 is 0 Å². The van der Waals surface area contributed by atoms with Crippen molar-refractivity contribution in [1.82, 2.24) is 15.8 Å². The number of nitrogens with one attached hydrogen (secondary N) is 2. The smallest absolute Gasteiger partial charge is 0.241 e. The molecule has 15 heavy (non-hydrogen) atoms. The van der Waals surface area contributed by atoms with Gasteiger partial charge >= 0.3 is 0 Å². The minimum atomic E-state index is 0.0465. The van der Waals surface area contributed by atoms with Crippen molar-refractivity contribution in [1.29, 1.82) is 0 Å². The van der Waals surface area contributed by atoms with E-state index in [2.05, 4.69) is 22.4 Å². The molecule has 0 radical (unpaired) electrons. The second-order valence-electron chi connectivity index (χ2n) is 3.60. The first-order valence-corrected chi connectivity index (χ1v) is 4.92. The van der Waals surface area contributed by atoms with Crippen LogP contribution >= 0.6 is 0 Å². The largest absolute Gasteiger partial charge is 0.299 e. The lowest BCUT2D eigenvalue weighted by atomic mass is 10.2. The summed E-state index contributed by atoms with van der Waals surface area (Å²) in [6.45, 7) is 3.82. The third-order valence-electron chi connectivity index (χ3n) is 2.31. The summed E-state index contributed by atoms with van der Waals surface area (Å²) in [6, 6.07) is 3.66. The lowest BCUT2D eigenvalue weighted by Gasteiger charge is -2.10. The Morgan fingerprint density at radius 3 is 2.60 bits per heavy atom. The summed E-state index contributed by atoms with van der Waals surface area (Å²) in [6.07, 6.45) is 5.36. The molecule has 4 heteroatoms. The monoisotopic (exact) mass is 203 g/mol. The van der Waals surface area contributed by atoms with Crippen LogP contribution in [-0.2, 0) is 4.79 Å². The van der Waals surface area contributed by atoms with Crippen LogP contribution in [0.1, 0.15) is 18.4 Å². The van der Waals surface area contributed by atoms with Gasteiger partial charge in [0.25, 0.3) is 0 Å². The first-order chi connectivity index (χ1) is 7.27. The fraction of sp³-hybridized carbons (Fsp3) is 0.273. The van der Waals surface area contributed by atoms with E-state index in [1.165, 1.54) is 0 Å². The molecule has 1 aliphatic rings. The zero-order valence-electron chi connectivity index (χ0n) is 8.36. The number of hydrogen-bond donors (Lipinski definition) is 2. The van der Waals surface area contributed by atoms with Crippen LogP contribution in [-0.4, -0.2) is 10.9 Å². The molecule has 0 saturated heterocycles. The number of carbonyl (C=O) groups is 1. The van der Waals surface area contributed by atoms with Gasteiger partial charge in [-0.15, -0.1) is 0 Å². The number of hydrogen-bond acceptors (Lipinski definition) is 3. The van der Waals surface area contributed by atoms with Gasteiger partial charge in [-0.1, -0.05) is 6.58 Å². The highest BCUT2D eigenvalue weighted by molar-refractivity contribution is 5.81. The predicted octanol–water partition coefficient (Wildman–Crippen LogP) is 1.08. The predicted molar refractivity (Wildman–Crippen MR) is 57.3 cm³/mol. The summed E-state index contributed by atoms with van der Waals surface area (Å²) in [4.78, 5) is 15.2. The SMILES string of the molecule is C=C(NNC(=O)C1CC1)c1ccncc1. The van der Waals surface area contributed by atoms with E-state index in [9.17, 15) is 4.79 Å². The summed E-state index contributed by atoms with van der Waals surface area (Å²) >= 11 is 0. The van der Waals surface area contributed by atoms with Crippen molar-refractivity contribution < 1.29 is 4.79 Å². The van der Waals surface area contributed by atoms with Gasteiger partial charge in [0, 0.05) is 23.9 Å². The van der Waals surface area contributed by atoms with Crippen LogP contribution in [0.3, 0.4) is 0 Å². The van der Waals surface area contributed by atoms with Crippen LogP contribution in [0.15, 0.2) is 31.1 Å². The van der Waals surface area contributed by atoms with E-state index in [1.54, 1.807) is 12.4 Å². The molecule has 0 aliphatic heterocycles. The second-order valence-corrected chi connectivity index (χ2v) is 3.60. The second kappa shape index (κ2) is 4.13. The summed E-state index contributed by atoms with van der Waals surface area (Å²) in [5.41, 5.74) is 7.02. The van der Waals surface area contributed by atoms with E-state index in [0.29, 0.717) is 5.70 Å². The van der Waals surface area contributed by atoms with Crippen LogP contribution in [0.25, 0.3) is 5.70 Å². The van der Waals surface area contributed by atoms with E-state index in [0.717, 1.165) is 18.4 Å². The van der Waals surface area contributed by atoms with E-state index in [4.69, 9.17) is 0 Å². The molecule has 2 rings (SSSR count). The number of rotatable bonds is 4.